The van der Waals surface area contributed by atoms with E-state index in [0.717, 1.165) is 29.7 Å². The summed E-state index contributed by atoms with van der Waals surface area (Å²) < 4.78 is 5.21. The lowest BCUT2D eigenvalue weighted by Gasteiger charge is -2.18. The summed E-state index contributed by atoms with van der Waals surface area (Å²) in [4.78, 5) is 38.6. The number of para-hydroxylation sites is 2. The molecule has 0 bridgehead atoms. The number of aryl methyl sites for hydroxylation is 2. The van der Waals surface area contributed by atoms with E-state index in [0.29, 0.717) is 10.7 Å². The predicted molar refractivity (Wildman–Crippen MR) is 117 cm³/mol. The van der Waals surface area contributed by atoms with Gasteiger partial charge < -0.3 is 15.0 Å². The molecule has 0 radical (unpaired) electrons. The van der Waals surface area contributed by atoms with E-state index >= 15 is 0 Å². The summed E-state index contributed by atoms with van der Waals surface area (Å²) in [5.41, 5.74) is 3.42. The molecule has 0 saturated carbocycles. The van der Waals surface area contributed by atoms with E-state index in [4.69, 9.17) is 16.3 Å². The average Bonchev–Trinajstić information content (AvgIpc) is 3.14. The van der Waals surface area contributed by atoms with Gasteiger partial charge in [0.15, 0.2) is 6.61 Å². The third-order valence-corrected chi connectivity index (χ3v) is 5.53. The van der Waals surface area contributed by atoms with Crippen LogP contribution in [0.4, 0.5) is 11.4 Å². The first-order valence-electron chi connectivity index (χ1n) is 10.1. The van der Waals surface area contributed by atoms with Gasteiger partial charge in [0.1, 0.15) is 0 Å². The van der Waals surface area contributed by atoms with Crippen LogP contribution >= 0.6 is 11.6 Å². The number of nitrogens with one attached hydrogen (secondary N) is 1. The Hall–Kier alpha value is -2.86. The molecule has 0 aromatic heterocycles. The lowest BCUT2D eigenvalue weighted by atomic mass is 10.0. The first-order chi connectivity index (χ1) is 14.4. The molecule has 3 rings (SSSR count). The number of anilines is 2. The van der Waals surface area contributed by atoms with E-state index in [1.807, 2.05) is 32.0 Å². The second-order valence-electron chi connectivity index (χ2n) is 7.17. The van der Waals surface area contributed by atoms with Gasteiger partial charge in [-0.3, -0.25) is 14.4 Å². The van der Waals surface area contributed by atoms with E-state index in [2.05, 4.69) is 5.32 Å². The molecule has 6 nitrogen and oxygen atoms in total. The second-order valence-corrected chi connectivity index (χ2v) is 7.58. The fourth-order valence-corrected chi connectivity index (χ4v) is 3.84. The molecule has 2 amide bonds. The highest BCUT2D eigenvalue weighted by Crippen LogP contribution is 2.31. The number of amides is 2. The molecular formula is C23H25ClN2O4. The van der Waals surface area contributed by atoms with Crippen molar-refractivity contribution in [3.8, 4) is 0 Å². The van der Waals surface area contributed by atoms with Gasteiger partial charge in [0.05, 0.1) is 16.6 Å². The van der Waals surface area contributed by atoms with Crippen LogP contribution in [0, 0.1) is 5.92 Å². The van der Waals surface area contributed by atoms with E-state index in [-0.39, 0.29) is 18.9 Å². The molecule has 1 aliphatic rings. The Morgan fingerprint density at radius 3 is 2.40 bits per heavy atom. The molecule has 2 aromatic rings. The molecule has 158 valence electrons. The van der Waals surface area contributed by atoms with Gasteiger partial charge in [0, 0.05) is 18.7 Å². The van der Waals surface area contributed by atoms with Crippen molar-refractivity contribution in [2.24, 2.45) is 5.92 Å². The van der Waals surface area contributed by atoms with Crippen molar-refractivity contribution in [3.63, 3.8) is 0 Å². The van der Waals surface area contributed by atoms with Crippen molar-refractivity contribution in [2.45, 2.75) is 33.1 Å². The molecule has 0 spiro atoms. The number of carbonyl (C=O) groups is 3. The summed E-state index contributed by atoms with van der Waals surface area (Å²) in [5.74, 6) is -1.78. The highest BCUT2D eigenvalue weighted by atomic mass is 35.5. The Balaban J connectivity index is 1.58. The number of carbonyl (C=O) groups excluding carboxylic acids is 3. The standard InChI is InChI=1S/C23H25ClN2O4/c1-3-15-8-7-9-16(4-2)22(15)25-20(27)14-30-23(29)17-12-21(28)26(13-17)19-11-6-5-10-18(19)24/h5-11,17H,3-4,12-14H2,1-2H3,(H,25,27)/t17-/m1/s1. The molecule has 0 aliphatic carbocycles. The number of nitrogens with zero attached hydrogens (tertiary/aromatic N) is 1. The number of halogens is 1. The van der Waals surface area contributed by atoms with Crippen LogP contribution in [-0.2, 0) is 32.0 Å². The fraction of sp³-hybridized carbons (Fsp3) is 0.348. The van der Waals surface area contributed by atoms with Crippen molar-refractivity contribution in [1.82, 2.24) is 0 Å². The Labute approximate surface area is 181 Å². The lowest BCUT2D eigenvalue weighted by Crippen LogP contribution is -2.28. The molecule has 2 aromatic carbocycles. The number of hydrogen-bond donors (Lipinski definition) is 1. The summed E-state index contributed by atoms with van der Waals surface area (Å²) in [6, 6.07) is 12.9. The van der Waals surface area contributed by atoms with Crippen molar-refractivity contribution in [3.05, 3.63) is 58.6 Å². The van der Waals surface area contributed by atoms with Crippen LogP contribution in [-0.4, -0.2) is 30.9 Å². The van der Waals surface area contributed by atoms with Crippen molar-refractivity contribution >= 4 is 40.8 Å². The molecule has 1 atom stereocenters. The summed E-state index contributed by atoms with van der Waals surface area (Å²) in [6.07, 6.45) is 1.60. The number of benzene rings is 2. The molecule has 1 aliphatic heterocycles. The van der Waals surface area contributed by atoms with Crippen molar-refractivity contribution < 1.29 is 19.1 Å². The SMILES string of the molecule is CCc1cccc(CC)c1NC(=O)COC(=O)[C@@H]1CC(=O)N(c2ccccc2Cl)C1. The van der Waals surface area contributed by atoms with Gasteiger partial charge >= 0.3 is 5.97 Å². The molecule has 1 fully saturated rings. The monoisotopic (exact) mass is 428 g/mol. The quantitative estimate of drug-likeness (QED) is 0.676. The topological polar surface area (TPSA) is 75.7 Å². The Kier molecular flexibility index (Phi) is 7.11. The Morgan fingerprint density at radius 1 is 1.10 bits per heavy atom. The van der Waals surface area contributed by atoms with Gasteiger partial charge in [-0.15, -0.1) is 0 Å². The maximum absolute atomic E-state index is 12.4. The smallest absolute Gasteiger partial charge is 0.311 e. The summed E-state index contributed by atoms with van der Waals surface area (Å²) in [6.45, 7) is 3.83. The van der Waals surface area contributed by atoms with E-state index < -0.39 is 24.4 Å². The van der Waals surface area contributed by atoms with Crippen LogP contribution in [0.3, 0.4) is 0 Å². The van der Waals surface area contributed by atoms with E-state index in [1.54, 1.807) is 24.3 Å². The lowest BCUT2D eigenvalue weighted by molar-refractivity contribution is -0.151. The molecule has 1 saturated heterocycles. The number of rotatable bonds is 7. The summed E-state index contributed by atoms with van der Waals surface area (Å²) in [5, 5.41) is 3.31. The van der Waals surface area contributed by atoms with Crippen LogP contribution in [0.5, 0.6) is 0 Å². The average molecular weight is 429 g/mol. The molecule has 7 heteroatoms. The van der Waals surface area contributed by atoms with Crippen LogP contribution in [0.25, 0.3) is 0 Å². The van der Waals surface area contributed by atoms with Gasteiger partial charge in [-0.05, 0) is 36.1 Å². The minimum atomic E-state index is -0.629. The first kappa shape index (κ1) is 21.8. The zero-order valence-electron chi connectivity index (χ0n) is 17.1. The van der Waals surface area contributed by atoms with Crippen molar-refractivity contribution in [2.75, 3.05) is 23.4 Å². The van der Waals surface area contributed by atoms with Crippen LogP contribution in [0.15, 0.2) is 42.5 Å². The normalized spacial score (nSPS) is 15.9. The van der Waals surface area contributed by atoms with Crippen LogP contribution in [0.1, 0.15) is 31.4 Å². The predicted octanol–water partition coefficient (Wildman–Crippen LogP) is 4.00. The number of hydrogen-bond acceptors (Lipinski definition) is 4. The van der Waals surface area contributed by atoms with Crippen LogP contribution in [0.2, 0.25) is 5.02 Å². The molecule has 0 unspecified atom stereocenters. The van der Waals surface area contributed by atoms with Gasteiger partial charge in [-0.25, -0.2) is 0 Å². The van der Waals surface area contributed by atoms with E-state index in [9.17, 15) is 14.4 Å². The third-order valence-electron chi connectivity index (χ3n) is 5.21. The minimum Gasteiger partial charge on any atom is -0.455 e. The minimum absolute atomic E-state index is 0.0321. The molecule has 1 N–H and O–H groups in total. The number of ether oxygens (including phenoxy) is 1. The third kappa shape index (κ3) is 4.82. The molecule has 30 heavy (non-hydrogen) atoms. The Morgan fingerprint density at radius 2 is 1.77 bits per heavy atom. The summed E-state index contributed by atoms with van der Waals surface area (Å²) in [7, 11) is 0. The maximum Gasteiger partial charge on any atom is 0.311 e. The van der Waals surface area contributed by atoms with Crippen LogP contribution < -0.4 is 10.2 Å². The summed E-state index contributed by atoms with van der Waals surface area (Å²) >= 11 is 6.16. The highest BCUT2D eigenvalue weighted by molar-refractivity contribution is 6.33. The van der Waals surface area contributed by atoms with Gasteiger partial charge in [0.2, 0.25) is 5.91 Å². The highest BCUT2D eigenvalue weighted by Gasteiger charge is 2.37. The zero-order valence-corrected chi connectivity index (χ0v) is 17.9. The zero-order chi connectivity index (χ0) is 21.7. The second kappa shape index (κ2) is 9.76. The van der Waals surface area contributed by atoms with Crippen molar-refractivity contribution in [1.29, 1.82) is 0 Å². The number of esters is 1. The Bertz CT molecular complexity index is 938. The van der Waals surface area contributed by atoms with Gasteiger partial charge in [-0.2, -0.15) is 0 Å². The fourth-order valence-electron chi connectivity index (χ4n) is 3.60. The van der Waals surface area contributed by atoms with E-state index in [1.165, 1.54) is 4.90 Å². The van der Waals surface area contributed by atoms with Gasteiger partial charge in [-0.1, -0.05) is 55.8 Å². The molecular weight excluding hydrogens is 404 g/mol. The maximum atomic E-state index is 12.4. The molecule has 1 heterocycles. The van der Waals surface area contributed by atoms with Gasteiger partial charge in [0.25, 0.3) is 5.91 Å². The largest absolute Gasteiger partial charge is 0.455 e. The first-order valence-corrected chi connectivity index (χ1v) is 10.4.